The van der Waals surface area contributed by atoms with Crippen LogP contribution in [0, 0.1) is 5.92 Å². The maximum atomic E-state index is 12.6. The van der Waals surface area contributed by atoms with Crippen LogP contribution >= 0.6 is 11.8 Å². The van der Waals surface area contributed by atoms with Crippen LogP contribution in [0.3, 0.4) is 0 Å². The number of carbonyl (C=O) groups is 2. The highest BCUT2D eigenvalue weighted by Gasteiger charge is 2.37. The van der Waals surface area contributed by atoms with E-state index in [0.29, 0.717) is 29.2 Å². The molecule has 118 valence electrons. The number of aromatic nitrogens is 2. The third-order valence-electron chi connectivity index (χ3n) is 4.54. The van der Waals surface area contributed by atoms with E-state index in [0.717, 1.165) is 12.2 Å². The van der Waals surface area contributed by atoms with Gasteiger partial charge in [0.1, 0.15) is 11.7 Å². The fraction of sp³-hybridized carbons (Fsp3) is 0.667. The minimum absolute atomic E-state index is 0.0248. The molecule has 2 heterocycles. The highest BCUT2D eigenvalue weighted by molar-refractivity contribution is 7.99. The predicted molar refractivity (Wildman–Crippen MR) is 83.6 cm³/mol. The van der Waals surface area contributed by atoms with Gasteiger partial charge in [-0.15, -0.1) is 11.8 Å². The molecule has 22 heavy (non-hydrogen) atoms. The molecule has 1 aliphatic heterocycles. The molecule has 2 N–H and O–H groups in total. The van der Waals surface area contributed by atoms with Crippen LogP contribution in [-0.4, -0.2) is 51.1 Å². The van der Waals surface area contributed by atoms with Crippen molar-refractivity contribution in [3.63, 3.8) is 0 Å². The topological polar surface area (TPSA) is 78.1 Å². The molecule has 1 unspecified atom stereocenters. The van der Waals surface area contributed by atoms with Gasteiger partial charge in [0.15, 0.2) is 0 Å². The van der Waals surface area contributed by atoms with Gasteiger partial charge in [-0.05, 0) is 37.7 Å². The van der Waals surface area contributed by atoms with Crippen LogP contribution in [0.5, 0.6) is 0 Å². The number of hydrogen-bond donors (Lipinski definition) is 2. The van der Waals surface area contributed by atoms with Crippen molar-refractivity contribution in [3.8, 4) is 0 Å². The molecule has 0 bridgehead atoms. The second kappa shape index (κ2) is 5.61. The SMILES string of the molecule is O=C(NCC1CC1)C1CSCN1C(=O)c1cc(C2CC2)[nH]n1. The standard InChI is InChI=1S/C15H20N4O2S/c20-14(16-6-9-1-2-9)13-7-22-8-19(13)15(21)12-5-11(17-18-12)10-3-4-10/h5,9-10,13H,1-4,6-8H2,(H,16,20)(H,17,18). The van der Waals surface area contributed by atoms with Crippen molar-refractivity contribution in [1.82, 2.24) is 20.4 Å². The highest BCUT2D eigenvalue weighted by Crippen LogP contribution is 2.39. The van der Waals surface area contributed by atoms with E-state index in [4.69, 9.17) is 0 Å². The molecule has 1 saturated heterocycles. The first-order chi connectivity index (χ1) is 10.7. The maximum Gasteiger partial charge on any atom is 0.275 e. The van der Waals surface area contributed by atoms with Crippen molar-refractivity contribution >= 4 is 23.6 Å². The molecule has 6 nitrogen and oxygen atoms in total. The number of nitrogens with one attached hydrogen (secondary N) is 2. The number of amides is 2. The normalized spacial score (nSPS) is 24.5. The lowest BCUT2D eigenvalue weighted by molar-refractivity contribution is -0.124. The van der Waals surface area contributed by atoms with Gasteiger partial charge in [-0.1, -0.05) is 0 Å². The molecular weight excluding hydrogens is 300 g/mol. The molecule has 2 saturated carbocycles. The average molecular weight is 320 g/mol. The Kier molecular flexibility index (Phi) is 3.60. The second-order valence-electron chi connectivity index (χ2n) is 6.46. The van der Waals surface area contributed by atoms with E-state index in [1.54, 1.807) is 16.7 Å². The minimum atomic E-state index is -0.364. The van der Waals surface area contributed by atoms with Crippen LogP contribution in [-0.2, 0) is 4.79 Å². The van der Waals surface area contributed by atoms with E-state index in [1.165, 1.54) is 25.7 Å². The van der Waals surface area contributed by atoms with Crippen molar-refractivity contribution in [1.29, 1.82) is 0 Å². The summed E-state index contributed by atoms with van der Waals surface area (Å²) in [6, 6.07) is 1.49. The van der Waals surface area contributed by atoms with Gasteiger partial charge in [-0.25, -0.2) is 0 Å². The van der Waals surface area contributed by atoms with Gasteiger partial charge >= 0.3 is 0 Å². The summed E-state index contributed by atoms with van der Waals surface area (Å²) in [6.45, 7) is 0.746. The van der Waals surface area contributed by atoms with Gasteiger partial charge in [0, 0.05) is 23.9 Å². The molecule has 0 radical (unpaired) electrons. The smallest absolute Gasteiger partial charge is 0.275 e. The molecule has 0 aromatic carbocycles. The summed E-state index contributed by atoms with van der Waals surface area (Å²) in [5.41, 5.74) is 1.48. The van der Waals surface area contributed by atoms with Crippen LogP contribution < -0.4 is 5.32 Å². The summed E-state index contributed by atoms with van der Waals surface area (Å²) in [7, 11) is 0. The van der Waals surface area contributed by atoms with Crippen LogP contribution in [0.1, 0.15) is 47.8 Å². The Labute approximate surface area is 133 Å². The van der Waals surface area contributed by atoms with Gasteiger partial charge in [0.05, 0.1) is 5.88 Å². The number of aromatic amines is 1. The summed E-state index contributed by atoms with van der Waals surface area (Å²) in [4.78, 5) is 26.6. The summed E-state index contributed by atoms with van der Waals surface area (Å²) in [5, 5.41) is 10.1. The van der Waals surface area contributed by atoms with Crippen LogP contribution in [0.4, 0.5) is 0 Å². The van der Waals surface area contributed by atoms with E-state index in [2.05, 4.69) is 15.5 Å². The van der Waals surface area contributed by atoms with Gasteiger partial charge in [0.2, 0.25) is 5.91 Å². The molecule has 4 rings (SSSR count). The number of rotatable bonds is 5. The minimum Gasteiger partial charge on any atom is -0.354 e. The zero-order chi connectivity index (χ0) is 15.1. The van der Waals surface area contributed by atoms with E-state index in [9.17, 15) is 9.59 Å². The van der Waals surface area contributed by atoms with Crippen molar-refractivity contribution in [3.05, 3.63) is 17.5 Å². The van der Waals surface area contributed by atoms with Crippen molar-refractivity contribution in [2.45, 2.75) is 37.6 Å². The van der Waals surface area contributed by atoms with Gasteiger partial charge in [-0.2, -0.15) is 5.10 Å². The molecule has 0 spiro atoms. The molecule has 3 fully saturated rings. The van der Waals surface area contributed by atoms with E-state index in [1.807, 2.05) is 6.07 Å². The summed E-state index contributed by atoms with van der Waals surface area (Å²) >= 11 is 1.62. The van der Waals surface area contributed by atoms with Crippen molar-refractivity contribution in [2.24, 2.45) is 5.92 Å². The molecule has 1 aromatic heterocycles. The van der Waals surface area contributed by atoms with E-state index < -0.39 is 0 Å². The number of carbonyl (C=O) groups excluding carboxylic acids is 2. The Balaban J connectivity index is 1.42. The maximum absolute atomic E-state index is 12.6. The molecular formula is C15H20N4O2S. The van der Waals surface area contributed by atoms with Gasteiger partial charge < -0.3 is 10.2 Å². The van der Waals surface area contributed by atoms with Crippen LogP contribution in [0.15, 0.2) is 6.07 Å². The Hall–Kier alpha value is -1.50. The molecule has 3 aliphatic rings. The first kappa shape index (κ1) is 14.1. The quantitative estimate of drug-likeness (QED) is 0.858. The Morgan fingerprint density at radius 2 is 2.18 bits per heavy atom. The highest BCUT2D eigenvalue weighted by atomic mass is 32.2. The van der Waals surface area contributed by atoms with Gasteiger partial charge in [-0.3, -0.25) is 14.7 Å². The fourth-order valence-electron chi connectivity index (χ4n) is 2.74. The first-order valence-electron chi connectivity index (χ1n) is 7.94. The zero-order valence-corrected chi connectivity index (χ0v) is 13.2. The third-order valence-corrected chi connectivity index (χ3v) is 5.55. The molecule has 2 aliphatic carbocycles. The zero-order valence-electron chi connectivity index (χ0n) is 12.4. The number of hydrogen-bond acceptors (Lipinski definition) is 4. The Bertz CT molecular complexity index is 594. The largest absolute Gasteiger partial charge is 0.354 e. The molecule has 2 amide bonds. The lowest BCUT2D eigenvalue weighted by Crippen LogP contribution is -2.47. The molecule has 1 aromatic rings. The number of H-pyrrole nitrogens is 1. The number of nitrogens with zero attached hydrogens (tertiary/aromatic N) is 2. The summed E-state index contributed by atoms with van der Waals surface area (Å²) in [6.07, 6.45) is 4.75. The summed E-state index contributed by atoms with van der Waals surface area (Å²) in [5.74, 6) is 2.26. The van der Waals surface area contributed by atoms with Crippen molar-refractivity contribution in [2.75, 3.05) is 18.2 Å². The van der Waals surface area contributed by atoms with Crippen LogP contribution in [0.25, 0.3) is 0 Å². The molecule has 1 atom stereocenters. The molecule has 7 heteroatoms. The van der Waals surface area contributed by atoms with Crippen LogP contribution in [0.2, 0.25) is 0 Å². The summed E-state index contributed by atoms with van der Waals surface area (Å²) < 4.78 is 0. The van der Waals surface area contributed by atoms with E-state index >= 15 is 0 Å². The second-order valence-corrected chi connectivity index (χ2v) is 7.46. The Morgan fingerprint density at radius 3 is 2.91 bits per heavy atom. The first-order valence-corrected chi connectivity index (χ1v) is 9.09. The fourth-order valence-corrected chi connectivity index (χ4v) is 3.90. The lowest BCUT2D eigenvalue weighted by atomic mass is 10.2. The third kappa shape index (κ3) is 2.86. The lowest BCUT2D eigenvalue weighted by Gasteiger charge is -2.22. The monoisotopic (exact) mass is 320 g/mol. The van der Waals surface area contributed by atoms with Crippen molar-refractivity contribution < 1.29 is 9.59 Å². The number of thioether (sulfide) groups is 1. The van der Waals surface area contributed by atoms with Gasteiger partial charge in [0.25, 0.3) is 5.91 Å². The average Bonchev–Trinajstić information content (AvgIpc) is 3.45. The Morgan fingerprint density at radius 1 is 1.36 bits per heavy atom. The van der Waals surface area contributed by atoms with E-state index in [-0.39, 0.29) is 17.9 Å². The predicted octanol–water partition coefficient (Wildman–Crippen LogP) is 1.33.